The molecule has 0 atom stereocenters. The Morgan fingerprint density at radius 3 is 2.00 bits per heavy atom. The van der Waals surface area contributed by atoms with Gasteiger partial charge in [-0.25, -0.2) is 4.79 Å². The molecule has 0 unspecified atom stereocenters. The van der Waals surface area contributed by atoms with Gasteiger partial charge in [-0.15, -0.1) is 13.2 Å². The molecule has 0 saturated carbocycles. The first-order valence-electron chi connectivity index (χ1n) is 3.40. The average molecular weight is 196 g/mol. The Balaban J connectivity index is -0.000000605. The Morgan fingerprint density at radius 2 is 1.77 bits per heavy atom. The summed E-state index contributed by atoms with van der Waals surface area (Å²) in [4.78, 5) is 10.4. The monoisotopic (exact) mass is 196 g/mol. The molecule has 0 aliphatic carbocycles. The van der Waals surface area contributed by atoms with Crippen molar-refractivity contribution in [2.75, 3.05) is 13.2 Å². The van der Waals surface area contributed by atoms with Crippen LogP contribution in [0.1, 0.15) is 1.43 Å². The van der Waals surface area contributed by atoms with Crippen molar-refractivity contribution in [2.45, 2.75) is 6.29 Å². The van der Waals surface area contributed by atoms with Crippen molar-refractivity contribution >= 4 is 5.97 Å². The van der Waals surface area contributed by atoms with Gasteiger partial charge in [0.15, 0.2) is 0 Å². The normalized spacial score (nSPS) is 9.00. The van der Waals surface area contributed by atoms with Crippen molar-refractivity contribution in [3.8, 4) is 0 Å². The summed E-state index contributed by atoms with van der Waals surface area (Å²) in [6, 6.07) is 0. The van der Waals surface area contributed by atoms with Gasteiger partial charge >= 0.3 is 35.5 Å². The zero-order valence-electron chi connectivity index (χ0n) is 8.73. The predicted molar refractivity (Wildman–Crippen MR) is 44.8 cm³/mol. The zero-order valence-corrected chi connectivity index (χ0v) is 9.73. The molecule has 0 aromatic rings. The topological polar surface area (TPSA) is 55.8 Å². The first-order valence-corrected chi connectivity index (χ1v) is 3.40. The first kappa shape index (κ1) is 15.3. The van der Waals surface area contributed by atoms with E-state index < -0.39 is 12.3 Å². The number of carboxylic acids is 1. The summed E-state index contributed by atoms with van der Waals surface area (Å²) in [6.45, 7) is 7.05. The number of rotatable bonds is 7. The molecule has 0 rings (SSSR count). The second kappa shape index (κ2) is 9.95. The molecule has 0 spiro atoms. The van der Waals surface area contributed by atoms with Crippen molar-refractivity contribution in [3.05, 3.63) is 25.3 Å². The van der Waals surface area contributed by atoms with Crippen molar-refractivity contribution in [1.29, 1.82) is 0 Å². The average Bonchev–Trinajstić information content (AvgIpc) is 2.04. The van der Waals surface area contributed by atoms with Gasteiger partial charge in [0.05, 0.1) is 13.2 Å². The van der Waals surface area contributed by atoms with Gasteiger partial charge in [-0.3, -0.25) is 0 Å². The van der Waals surface area contributed by atoms with E-state index in [2.05, 4.69) is 13.2 Å². The number of ether oxygens (including phenoxy) is 2. The minimum Gasteiger partial charge on any atom is -1.00 e. The maximum absolute atomic E-state index is 10.4. The van der Waals surface area contributed by atoms with Crippen LogP contribution >= 0.6 is 0 Å². The Morgan fingerprint density at radius 1 is 1.38 bits per heavy atom. The van der Waals surface area contributed by atoms with E-state index in [0.717, 1.165) is 0 Å². The molecule has 0 aromatic carbocycles. The zero-order chi connectivity index (χ0) is 9.40. The summed E-state index contributed by atoms with van der Waals surface area (Å²) >= 11 is 0. The second-order valence-electron chi connectivity index (χ2n) is 1.91. The van der Waals surface area contributed by atoms with E-state index in [1.807, 2.05) is 0 Å². The number of carboxylic acid groups (broad SMARTS) is 1. The van der Waals surface area contributed by atoms with Crippen LogP contribution in [0.15, 0.2) is 25.3 Å². The molecule has 0 amide bonds. The van der Waals surface area contributed by atoms with Crippen LogP contribution in [0.3, 0.4) is 0 Å². The van der Waals surface area contributed by atoms with Crippen LogP contribution in [-0.2, 0) is 14.3 Å². The maximum Gasteiger partial charge on any atom is 1.00 e. The minimum absolute atomic E-state index is 0. The number of hydrogen-bond donors (Lipinski definition) is 1. The van der Waals surface area contributed by atoms with Gasteiger partial charge in [0.25, 0.3) is 6.29 Å². The van der Waals surface area contributed by atoms with Crippen molar-refractivity contribution in [2.24, 2.45) is 0 Å². The van der Waals surface area contributed by atoms with Gasteiger partial charge in [-0.1, -0.05) is 12.2 Å². The molecule has 13 heavy (non-hydrogen) atoms. The van der Waals surface area contributed by atoms with Crippen LogP contribution in [-0.4, -0.2) is 30.6 Å². The Hall–Kier alpha value is -0.130. The molecule has 0 aliphatic rings. The Bertz CT molecular complexity index is 163. The van der Waals surface area contributed by atoms with Gasteiger partial charge in [0, 0.05) is 0 Å². The van der Waals surface area contributed by atoms with Gasteiger partial charge in [-0.2, -0.15) is 0 Å². The van der Waals surface area contributed by atoms with E-state index in [9.17, 15) is 4.79 Å². The largest absolute Gasteiger partial charge is 1.00 e. The molecule has 70 valence electrons. The van der Waals surface area contributed by atoms with E-state index in [1.165, 1.54) is 12.2 Å². The molecular formula is C8H13NaO4. The minimum atomic E-state index is -1.24. The summed E-state index contributed by atoms with van der Waals surface area (Å²) in [5.74, 6) is -1.15. The molecular weight excluding hydrogens is 183 g/mol. The third kappa shape index (κ3) is 8.21. The molecule has 1 N–H and O–H groups in total. The van der Waals surface area contributed by atoms with E-state index in [0.29, 0.717) is 0 Å². The maximum atomic E-state index is 10.4. The molecule has 0 heterocycles. The molecule has 0 aliphatic heterocycles. The number of hydrogen-bond acceptors (Lipinski definition) is 3. The van der Waals surface area contributed by atoms with Gasteiger partial charge in [0.2, 0.25) is 0 Å². The van der Waals surface area contributed by atoms with Crippen LogP contribution in [0, 0.1) is 0 Å². The smallest absolute Gasteiger partial charge is 1.00 e. The van der Waals surface area contributed by atoms with Crippen LogP contribution in [0.5, 0.6) is 0 Å². The quantitative estimate of drug-likeness (QED) is 0.288. The van der Waals surface area contributed by atoms with Crippen LogP contribution < -0.4 is 29.6 Å². The summed E-state index contributed by atoms with van der Waals surface area (Å²) in [6.07, 6.45) is 1.67. The third-order valence-corrected chi connectivity index (χ3v) is 0.933. The van der Waals surface area contributed by atoms with Crippen LogP contribution in [0.25, 0.3) is 0 Å². The molecule has 5 heteroatoms. The van der Waals surface area contributed by atoms with Gasteiger partial charge in [0.1, 0.15) is 0 Å². The Labute approximate surface area is 101 Å². The Kier molecular flexibility index (Phi) is 11.8. The summed E-state index contributed by atoms with van der Waals surface area (Å²) in [5.41, 5.74) is 0. The molecule has 0 radical (unpaired) electrons. The van der Waals surface area contributed by atoms with E-state index in [4.69, 9.17) is 14.6 Å². The summed E-state index contributed by atoms with van der Waals surface area (Å²) < 4.78 is 9.53. The van der Waals surface area contributed by atoms with E-state index in [1.54, 1.807) is 0 Å². The van der Waals surface area contributed by atoms with Crippen LogP contribution in [0.4, 0.5) is 0 Å². The standard InChI is InChI=1S/C8H12O4.Na.H/c1-3-5-11-8(7(9)10)12-6-4-2;;/h3-4,8H,1-2,5-6H2,(H,9,10);;/q;+1;-1. The fraction of sp³-hybridized carbons (Fsp3) is 0.375. The predicted octanol–water partition coefficient (Wildman–Crippen LogP) is -2.08. The SMILES string of the molecule is C=CCOC(OCC=C)C(=O)O.[H-].[Na+]. The fourth-order valence-electron chi connectivity index (χ4n) is 0.502. The second-order valence-corrected chi connectivity index (χ2v) is 1.91. The van der Waals surface area contributed by atoms with Gasteiger partial charge < -0.3 is 16.0 Å². The van der Waals surface area contributed by atoms with E-state index >= 15 is 0 Å². The van der Waals surface area contributed by atoms with Crippen LogP contribution in [0.2, 0.25) is 0 Å². The first-order chi connectivity index (χ1) is 5.72. The molecule has 4 nitrogen and oxygen atoms in total. The summed E-state index contributed by atoms with van der Waals surface area (Å²) in [5, 5.41) is 8.51. The molecule has 0 saturated heterocycles. The number of carbonyl (C=O) groups is 1. The van der Waals surface area contributed by atoms with E-state index in [-0.39, 0.29) is 44.2 Å². The summed E-state index contributed by atoms with van der Waals surface area (Å²) in [7, 11) is 0. The van der Waals surface area contributed by atoms with Gasteiger partial charge in [-0.05, 0) is 0 Å². The molecule has 0 fully saturated rings. The molecule has 0 bridgehead atoms. The van der Waals surface area contributed by atoms with Crippen molar-refractivity contribution in [3.63, 3.8) is 0 Å². The van der Waals surface area contributed by atoms with Crippen molar-refractivity contribution < 1.29 is 50.4 Å². The fourth-order valence-corrected chi connectivity index (χ4v) is 0.502. The van der Waals surface area contributed by atoms with Crippen molar-refractivity contribution in [1.82, 2.24) is 0 Å². The molecule has 0 aromatic heterocycles. The third-order valence-electron chi connectivity index (χ3n) is 0.933. The number of aliphatic carboxylic acids is 1.